The van der Waals surface area contributed by atoms with Gasteiger partial charge in [0.2, 0.25) is 5.91 Å². The molecule has 1 saturated carbocycles. The van der Waals surface area contributed by atoms with E-state index in [1.807, 2.05) is 31.6 Å². The Bertz CT molecular complexity index is 997. The zero-order chi connectivity index (χ0) is 21.5. The van der Waals surface area contributed by atoms with Crippen LogP contribution in [0.3, 0.4) is 0 Å². The van der Waals surface area contributed by atoms with Crippen LogP contribution in [0, 0.1) is 11.3 Å². The molecule has 0 bridgehead atoms. The number of carbonyl (C=O) groups excluding carboxylic acids is 1. The summed E-state index contributed by atoms with van der Waals surface area (Å²) in [5.74, 6) is 1.02. The molecule has 2 aromatic rings. The Morgan fingerprint density at radius 3 is 2.77 bits per heavy atom. The first-order chi connectivity index (χ1) is 14.2. The van der Waals surface area contributed by atoms with Crippen molar-refractivity contribution < 1.29 is 14.8 Å². The molecular formula is C23H32N5O2+. The number of allylic oxidation sites excluding steroid dienone is 1. The van der Waals surface area contributed by atoms with Gasteiger partial charge < -0.3 is 25.3 Å². The van der Waals surface area contributed by atoms with E-state index < -0.39 is 0 Å². The Morgan fingerprint density at radius 2 is 2.17 bits per heavy atom. The van der Waals surface area contributed by atoms with E-state index in [2.05, 4.69) is 41.0 Å². The zero-order valence-corrected chi connectivity index (χ0v) is 18.2. The Morgan fingerprint density at radius 1 is 1.40 bits per heavy atom. The minimum absolute atomic E-state index is 0.0295. The van der Waals surface area contributed by atoms with Crippen molar-refractivity contribution in [1.29, 1.82) is 5.41 Å². The van der Waals surface area contributed by atoms with Gasteiger partial charge in [-0.25, -0.2) is 4.98 Å². The zero-order valence-electron chi connectivity index (χ0n) is 18.2. The van der Waals surface area contributed by atoms with Gasteiger partial charge in [0.15, 0.2) is 0 Å². The van der Waals surface area contributed by atoms with Gasteiger partial charge in [0.25, 0.3) is 0 Å². The second-order valence-electron chi connectivity index (χ2n) is 9.62. The van der Waals surface area contributed by atoms with Gasteiger partial charge in [-0.05, 0) is 58.2 Å². The molecule has 1 aromatic carbocycles. The monoisotopic (exact) mass is 410 g/mol. The van der Waals surface area contributed by atoms with E-state index >= 15 is 0 Å². The summed E-state index contributed by atoms with van der Waals surface area (Å²) in [4.78, 5) is 16.3. The first-order valence-electron chi connectivity index (χ1n) is 10.8. The second kappa shape index (κ2) is 7.87. The molecule has 2 aliphatic rings. The molecule has 4 N–H and O–H groups in total. The van der Waals surface area contributed by atoms with E-state index in [9.17, 15) is 4.79 Å². The third-order valence-corrected chi connectivity index (χ3v) is 5.81. The predicted molar refractivity (Wildman–Crippen MR) is 118 cm³/mol. The van der Waals surface area contributed by atoms with E-state index in [-0.39, 0.29) is 23.5 Å². The number of amides is 1. The highest BCUT2D eigenvalue weighted by atomic mass is 16.5. The van der Waals surface area contributed by atoms with Crippen molar-refractivity contribution in [3.8, 4) is 5.75 Å². The number of quaternary nitrogens is 1. The summed E-state index contributed by atoms with van der Waals surface area (Å²) >= 11 is 0. The molecule has 0 unspecified atom stereocenters. The van der Waals surface area contributed by atoms with Crippen molar-refractivity contribution in [2.45, 2.75) is 64.6 Å². The van der Waals surface area contributed by atoms with Crippen molar-refractivity contribution >= 4 is 28.7 Å². The summed E-state index contributed by atoms with van der Waals surface area (Å²) < 4.78 is 8.67. The van der Waals surface area contributed by atoms with Crippen molar-refractivity contribution in [1.82, 2.24) is 14.9 Å². The highest BCUT2D eigenvalue weighted by molar-refractivity contribution is 6.09. The molecule has 160 valence electrons. The largest absolute Gasteiger partial charge is 0.488 e. The number of nitrogens with one attached hydrogen (secondary N) is 2. The van der Waals surface area contributed by atoms with Gasteiger partial charge in [0.1, 0.15) is 23.6 Å². The molecule has 4 rings (SSSR count). The molecule has 2 atom stereocenters. The lowest BCUT2D eigenvalue weighted by atomic mass is 10.0. The van der Waals surface area contributed by atoms with Gasteiger partial charge in [-0.2, -0.15) is 0 Å². The minimum atomic E-state index is -0.0986. The SMILES string of the molecule is C[C@@H](Oc1cc(/C(C=N)=C/[NH2+]C(C)(C)C)cc2ncn(C3CC3)c12)[C@H]1CNC(=O)C1. The summed E-state index contributed by atoms with van der Waals surface area (Å²) in [5.41, 5.74) is 3.66. The van der Waals surface area contributed by atoms with Crippen LogP contribution >= 0.6 is 0 Å². The average Bonchev–Trinajstić information content (AvgIpc) is 3.28. The Balaban J connectivity index is 1.72. The molecular weight excluding hydrogens is 378 g/mol. The number of carbonyl (C=O) groups is 1. The quantitative estimate of drug-likeness (QED) is 0.612. The van der Waals surface area contributed by atoms with E-state index in [4.69, 9.17) is 10.1 Å². The van der Waals surface area contributed by atoms with Crippen LogP contribution in [0.1, 0.15) is 58.6 Å². The first kappa shape index (κ1) is 20.6. The van der Waals surface area contributed by atoms with Crippen molar-refractivity contribution in [3.05, 3.63) is 30.2 Å². The van der Waals surface area contributed by atoms with Crippen LogP contribution in [0.4, 0.5) is 0 Å². The van der Waals surface area contributed by atoms with Crippen LogP contribution < -0.4 is 15.4 Å². The second-order valence-corrected chi connectivity index (χ2v) is 9.62. The summed E-state index contributed by atoms with van der Waals surface area (Å²) in [5, 5.41) is 13.0. The molecule has 1 aromatic heterocycles. The number of imidazole rings is 1. The number of hydrogen-bond acceptors (Lipinski definition) is 4. The lowest BCUT2D eigenvalue weighted by Crippen LogP contribution is -2.89. The van der Waals surface area contributed by atoms with E-state index in [1.54, 1.807) is 0 Å². The standard InChI is InChI=1S/C23H31N5O2/c1-14(16-9-21(29)25-11-16)30-20-8-15(17(10-24)12-27-23(2,3)4)7-19-22(20)28(13-26-19)18-5-6-18/h7-8,10,12-14,16,18,24,27H,5-6,9,11H2,1-4H3,(H,25,29)/p+1/b17-12+,24-10?/t14-,16-/m1/s1. The third kappa shape index (κ3) is 4.41. The van der Waals surface area contributed by atoms with Crippen LogP contribution in [-0.4, -0.2) is 39.9 Å². The molecule has 0 radical (unpaired) electrons. The number of benzene rings is 1. The van der Waals surface area contributed by atoms with E-state index in [1.165, 1.54) is 6.21 Å². The van der Waals surface area contributed by atoms with Crippen LogP contribution in [0.15, 0.2) is 24.7 Å². The third-order valence-electron chi connectivity index (χ3n) is 5.81. The fourth-order valence-electron chi connectivity index (χ4n) is 3.84. The Hall–Kier alpha value is -2.67. The highest BCUT2D eigenvalue weighted by Crippen LogP contribution is 2.41. The maximum atomic E-state index is 11.7. The molecule has 1 aliphatic carbocycles. The van der Waals surface area contributed by atoms with Crippen LogP contribution in [-0.2, 0) is 4.79 Å². The van der Waals surface area contributed by atoms with E-state index in [0.29, 0.717) is 19.0 Å². The minimum Gasteiger partial charge on any atom is -0.488 e. The predicted octanol–water partition coefficient (Wildman–Crippen LogP) is 2.63. The highest BCUT2D eigenvalue weighted by Gasteiger charge is 2.30. The van der Waals surface area contributed by atoms with Crippen molar-refractivity contribution in [3.63, 3.8) is 0 Å². The number of ether oxygens (including phenoxy) is 1. The summed E-state index contributed by atoms with van der Waals surface area (Å²) in [6, 6.07) is 4.55. The molecule has 1 amide bonds. The number of nitrogens with zero attached hydrogens (tertiary/aromatic N) is 2. The lowest BCUT2D eigenvalue weighted by Gasteiger charge is -2.21. The normalized spacial score (nSPS) is 21.0. The smallest absolute Gasteiger partial charge is 0.220 e. The molecule has 2 fully saturated rings. The summed E-state index contributed by atoms with van der Waals surface area (Å²) in [7, 11) is 0. The van der Waals surface area contributed by atoms with Crippen molar-refractivity contribution in [2.75, 3.05) is 6.54 Å². The van der Waals surface area contributed by atoms with Crippen molar-refractivity contribution in [2.24, 2.45) is 5.92 Å². The summed E-state index contributed by atoms with van der Waals surface area (Å²) in [6.07, 6.45) is 8.01. The van der Waals surface area contributed by atoms with E-state index in [0.717, 1.165) is 40.8 Å². The number of nitrogens with two attached hydrogens (primary N) is 1. The van der Waals surface area contributed by atoms with Gasteiger partial charge in [-0.3, -0.25) is 4.79 Å². The van der Waals surface area contributed by atoms with Gasteiger partial charge >= 0.3 is 0 Å². The molecule has 2 heterocycles. The Kier molecular flexibility index (Phi) is 5.40. The van der Waals surface area contributed by atoms with Gasteiger partial charge in [0, 0.05) is 31.1 Å². The molecule has 30 heavy (non-hydrogen) atoms. The van der Waals surface area contributed by atoms with Gasteiger partial charge in [-0.1, -0.05) is 0 Å². The Labute approximate surface area is 177 Å². The van der Waals surface area contributed by atoms with Crippen LogP contribution in [0.2, 0.25) is 0 Å². The number of rotatable bonds is 7. The van der Waals surface area contributed by atoms with Gasteiger partial charge in [-0.15, -0.1) is 0 Å². The average molecular weight is 411 g/mol. The van der Waals surface area contributed by atoms with Crippen LogP contribution in [0.25, 0.3) is 16.6 Å². The fourth-order valence-corrected chi connectivity index (χ4v) is 3.84. The maximum absolute atomic E-state index is 11.7. The topological polar surface area (TPSA) is 96.6 Å². The fraction of sp³-hybridized carbons (Fsp3) is 0.522. The van der Waals surface area contributed by atoms with Crippen LogP contribution in [0.5, 0.6) is 5.75 Å². The molecule has 7 heteroatoms. The van der Waals surface area contributed by atoms with Gasteiger partial charge in [0.05, 0.1) is 23.0 Å². The maximum Gasteiger partial charge on any atom is 0.220 e. The summed E-state index contributed by atoms with van der Waals surface area (Å²) in [6.45, 7) is 9.09. The molecule has 1 aliphatic heterocycles. The molecule has 1 saturated heterocycles. The molecule has 7 nitrogen and oxygen atoms in total. The lowest BCUT2D eigenvalue weighted by molar-refractivity contribution is -0.656. The number of fused-ring (bicyclic) bond motifs is 1. The number of hydrogen-bond donors (Lipinski definition) is 3. The number of aromatic nitrogens is 2. The molecule has 0 spiro atoms. The first-order valence-corrected chi connectivity index (χ1v) is 10.8.